The third-order valence-corrected chi connectivity index (χ3v) is 3.86. The van der Waals surface area contributed by atoms with Crippen molar-refractivity contribution in [3.8, 4) is 0 Å². The van der Waals surface area contributed by atoms with Crippen molar-refractivity contribution in [2.24, 2.45) is 4.99 Å². The van der Waals surface area contributed by atoms with Gasteiger partial charge in [0.1, 0.15) is 0 Å². The van der Waals surface area contributed by atoms with E-state index in [9.17, 15) is 9.18 Å². The monoisotopic (exact) mass is 493 g/mol. The normalized spacial score (nSPS) is 16.9. The maximum atomic E-state index is 13.9. The SMILES string of the molecule is CCNC(=NCCC(=O)OC(C)C)NC1CCN(c2ncccc2F)C1.I. The summed E-state index contributed by atoms with van der Waals surface area (Å²) in [4.78, 5) is 22.1. The number of aliphatic imine (C=N–C) groups is 1. The van der Waals surface area contributed by atoms with Crippen molar-refractivity contribution in [3.63, 3.8) is 0 Å². The first-order chi connectivity index (χ1) is 12.5. The Morgan fingerprint density at radius 2 is 2.30 bits per heavy atom. The number of hydrogen-bond acceptors (Lipinski definition) is 5. The fourth-order valence-corrected chi connectivity index (χ4v) is 2.77. The van der Waals surface area contributed by atoms with Crippen molar-refractivity contribution in [2.45, 2.75) is 45.8 Å². The molecule has 9 heteroatoms. The summed E-state index contributed by atoms with van der Waals surface area (Å²) in [5.41, 5.74) is 0. The number of pyridine rings is 1. The highest BCUT2D eigenvalue weighted by Crippen LogP contribution is 2.20. The number of guanidine groups is 1. The average Bonchev–Trinajstić information content (AvgIpc) is 3.03. The van der Waals surface area contributed by atoms with Crippen LogP contribution in [-0.2, 0) is 9.53 Å². The van der Waals surface area contributed by atoms with Crippen LogP contribution in [0.4, 0.5) is 10.2 Å². The number of nitrogens with zero attached hydrogens (tertiary/aromatic N) is 3. The van der Waals surface area contributed by atoms with Gasteiger partial charge in [-0.2, -0.15) is 0 Å². The first-order valence-electron chi connectivity index (χ1n) is 9.09. The first kappa shape index (κ1) is 23.4. The topological polar surface area (TPSA) is 78.8 Å². The zero-order valence-electron chi connectivity index (χ0n) is 16.1. The van der Waals surface area contributed by atoms with Crippen molar-refractivity contribution >= 4 is 41.7 Å². The van der Waals surface area contributed by atoms with Crippen LogP contribution >= 0.6 is 24.0 Å². The molecular weight excluding hydrogens is 464 g/mol. The lowest BCUT2D eigenvalue weighted by molar-refractivity contribution is -0.147. The number of nitrogens with one attached hydrogen (secondary N) is 2. The summed E-state index contributed by atoms with van der Waals surface area (Å²) in [5.74, 6) is 0.475. The first-order valence-corrected chi connectivity index (χ1v) is 9.09. The molecule has 1 fully saturated rings. The number of esters is 1. The Bertz CT molecular complexity index is 630. The maximum absolute atomic E-state index is 13.9. The number of ether oxygens (including phenoxy) is 1. The Kier molecular flexibility index (Phi) is 10.3. The third kappa shape index (κ3) is 7.86. The van der Waals surface area contributed by atoms with Gasteiger partial charge >= 0.3 is 5.97 Å². The second-order valence-corrected chi connectivity index (χ2v) is 6.43. The smallest absolute Gasteiger partial charge is 0.307 e. The van der Waals surface area contributed by atoms with Crippen LogP contribution in [0.2, 0.25) is 0 Å². The molecule has 2 heterocycles. The predicted octanol–water partition coefficient (Wildman–Crippen LogP) is 2.31. The zero-order chi connectivity index (χ0) is 18.9. The van der Waals surface area contributed by atoms with Crippen LogP contribution in [0.15, 0.2) is 23.3 Å². The molecule has 0 saturated carbocycles. The van der Waals surface area contributed by atoms with E-state index in [1.807, 2.05) is 25.7 Å². The highest BCUT2D eigenvalue weighted by molar-refractivity contribution is 14.0. The van der Waals surface area contributed by atoms with Gasteiger partial charge in [-0.05, 0) is 39.3 Å². The quantitative estimate of drug-likeness (QED) is 0.263. The van der Waals surface area contributed by atoms with E-state index in [0.717, 1.165) is 13.0 Å². The van der Waals surface area contributed by atoms with Gasteiger partial charge in [-0.15, -0.1) is 24.0 Å². The van der Waals surface area contributed by atoms with Gasteiger partial charge in [0.2, 0.25) is 0 Å². The molecule has 1 aromatic heterocycles. The second-order valence-electron chi connectivity index (χ2n) is 6.43. The molecule has 1 aromatic rings. The van der Waals surface area contributed by atoms with E-state index in [4.69, 9.17) is 4.74 Å². The summed E-state index contributed by atoms with van der Waals surface area (Å²) in [6, 6.07) is 3.15. The number of carbonyl (C=O) groups is 1. The molecule has 27 heavy (non-hydrogen) atoms. The van der Waals surface area contributed by atoms with Crippen LogP contribution in [0.5, 0.6) is 0 Å². The van der Waals surface area contributed by atoms with Crippen LogP contribution in [-0.4, -0.2) is 55.2 Å². The molecular formula is C18H29FIN5O2. The number of carbonyl (C=O) groups excluding carboxylic acids is 1. The van der Waals surface area contributed by atoms with E-state index in [2.05, 4.69) is 20.6 Å². The third-order valence-electron chi connectivity index (χ3n) is 3.86. The van der Waals surface area contributed by atoms with E-state index < -0.39 is 0 Å². The molecule has 7 nitrogen and oxygen atoms in total. The molecule has 0 aromatic carbocycles. The minimum absolute atomic E-state index is 0. The minimum atomic E-state index is -0.308. The number of halogens is 2. The van der Waals surface area contributed by atoms with Gasteiger partial charge in [-0.1, -0.05) is 0 Å². The Labute approximate surface area is 177 Å². The molecule has 1 unspecified atom stereocenters. The molecule has 1 saturated heterocycles. The molecule has 0 aliphatic carbocycles. The van der Waals surface area contributed by atoms with Gasteiger partial charge in [-0.25, -0.2) is 9.37 Å². The molecule has 0 radical (unpaired) electrons. The Hall–Kier alpha value is -1.65. The van der Waals surface area contributed by atoms with E-state index in [1.165, 1.54) is 6.07 Å². The van der Waals surface area contributed by atoms with Gasteiger partial charge < -0.3 is 20.3 Å². The summed E-state index contributed by atoms with van der Waals surface area (Å²) >= 11 is 0. The van der Waals surface area contributed by atoms with Crippen LogP contribution in [0.1, 0.15) is 33.6 Å². The summed E-state index contributed by atoms with van der Waals surface area (Å²) in [7, 11) is 0. The molecule has 152 valence electrons. The highest BCUT2D eigenvalue weighted by Gasteiger charge is 2.25. The molecule has 0 spiro atoms. The van der Waals surface area contributed by atoms with Gasteiger partial charge in [0, 0.05) is 31.9 Å². The van der Waals surface area contributed by atoms with Gasteiger partial charge in [0.25, 0.3) is 0 Å². The average molecular weight is 493 g/mol. The molecule has 1 atom stereocenters. The molecule has 1 aliphatic rings. The Morgan fingerprint density at radius 3 is 2.96 bits per heavy atom. The number of anilines is 1. The minimum Gasteiger partial charge on any atom is -0.463 e. The lowest BCUT2D eigenvalue weighted by atomic mass is 10.3. The Morgan fingerprint density at radius 1 is 1.52 bits per heavy atom. The van der Waals surface area contributed by atoms with E-state index in [1.54, 1.807) is 12.3 Å². The van der Waals surface area contributed by atoms with Crippen LogP contribution in [0.3, 0.4) is 0 Å². The van der Waals surface area contributed by atoms with Gasteiger partial charge in [0.05, 0.1) is 19.1 Å². The fourth-order valence-electron chi connectivity index (χ4n) is 2.77. The lowest BCUT2D eigenvalue weighted by Crippen LogP contribution is -2.44. The van der Waals surface area contributed by atoms with Crippen LogP contribution in [0.25, 0.3) is 0 Å². The van der Waals surface area contributed by atoms with Crippen molar-refractivity contribution in [1.29, 1.82) is 0 Å². The van der Waals surface area contributed by atoms with Crippen molar-refractivity contribution in [2.75, 3.05) is 31.1 Å². The molecule has 1 aliphatic heterocycles. The second kappa shape index (κ2) is 11.9. The van der Waals surface area contributed by atoms with Crippen LogP contribution in [0, 0.1) is 5.82 Å². The lowest BCUT2D eigenvalue weighted by Gasteiger charge is -2.19. The number of hydrogen-bond donors (Lipinski definition) is 2. The molecule has 2 N–H and O–H groups in total. The molecule has 0 bridgehead atoms. The van der Waals surface area contributed by atoms with E-state index >= 15 is 0 Å². The molecule has 0 amide bonds. The predicted molar refractivity (Wildman–Crippen MR) is 115 cm³/mol. The summed E-state index contributed by atoms with van der Waals surface area (Å²) in [5, 5.41) is 6.51. The largest absolute Gasteiger partial charge is 0.463 e. The summed E-state index contributed by atoms with van der Waals surface area (Å²) in [6.45, 7) is 8.07. The van der Waals surface area contributed by atoms with E-state index in [0.29, 0.717) is 31.4 Å². The van der Waals surface area contributed by atoms with Gasteiger partial charge in [-0.3, -0.25) is 9.79 Å². The maximum Gasteiger partial charge on any atom is 0.307 e. The fraction of sp³-hybridized carbons (Fsp3) is 0.611. The molecule has 2 rings (SSSR count). The standard InChI is InChI=1S/C18H28FN5O2.HI/c1-4-20-18(22-10-7-16(25)26-13(2)3)23-14-8-11-24(12-14)17-15(19)6-5-9-21-17;/h5-6,9,13-14H,4,7-8,10-12H2,1-3H3,(H2,20,22,23);1H. The number of aromatic nitrogens is 1. The van der Waals surface area contributed by atoms with Crippen molar-refractivity contribution in [3.05, 3.63) is 24.1 Å². The van der Waals surface area contributed by atoms with Gasteiger partial charge in [0.15, 0.2) is 17.6 Å². The van der Waals surface area contributed by atoms with Crippen molar-refractivity contribution < 1.29 is 13.9 Å². The van der Waals surface area contributed by atoms with Crippen molar-refractivity contribution in [1.82, 2.24) is 15.6 Å². The Balaban J connectivity index is 0.00000364. The number of rotatable bonds is 7. The summed E-state index contributed by atoms with van der Waals surface area (Å²) < 4.78 is 19.0. The zero-order valence-corrected chi connectivity index (χ0v) is 18.4. The van der Waals surface area contributed by atoms with Crippen LogP contribution < -0.4 is 15.5 Å². The van der Waals surface area contributed by atoms with E-state index in [-0.39, 0.29) is 54.3 Å². The summed E-state index contributed by atoms with van der Waals surface area (Å²) in [6.07, 6.45) is 2.58. The highest BCUT2D eigenvalue weighted by atomic mass is 127.